The average molecular weight is 270 g/mol. The number of nitrogens with zero attached hydrogens (tertiary/aromatic N) is 3. The fourth-order valence-electron chi connectivity index (χ4n) is 2.46. The van der Waals surface area contributed by atoms with Crippen molar-refractivity contribution in [3.8, 4) is 0 Å². The van der Waals surface area contributed by atoms with Crippen molar-refractivity contribution in [1.29, 1.82) is 0 Å². The quantitative estimate of drug-likeness (QED) is 0.793. The van der Waals surface area contributed by atoms with Crippen LogP contribution < -0.4 is 0 Å². The molecule has 0 saturated carbocycles. The molecule has 3 aromatic heterocycles. The van der Waals surface area contributed by atoms with Gasteiger partial charge in [-0.25, -0.2) is 0 Å². The van der Waals surface area contributed by atoms with Crippen molar-refractivity contribution in [2.45, 2.75) is 33.7 Å². The van der Waals surface area contributed by atoms with E-state index in [0.29, 0.717) is 6.54 Å². The first kappa shape index (κ1) is 12.7. The Kier molecular flexibility index (Phi) is 3.18. The second-order valence-electron chi connectivity index (χ2n) is 5.13. The highest BCUT2D eigenvalue weighted by molar-refractivity contribution is 5.31. The third kappa shape index (κ3) is 2.39. The van der Waals surface area contributed by atoms with E-state index in [-0.39, 0.29) is 0 Å². The molecule has 3 aromatic rings. The second-order valence-corrected chi connectivity index (χ2v) is 5.13. The van der Waals surface area contributed by atoms with Gasteiger partial charge < -0.3 is 9.51 Å². The van der Waals surface area contributed by atoms with E-state index in [1.54, 1.807) is 0 Å². The zero-order valence-electron chi connectivity index (χ0n) is 12.0. The molecule has 5 heteroatoms. The van der Waals surface area contributed by atoms with Gasteiger partial charge in [-0.2, -0.15) is 5.10 Å². The van der Waals surface area contributed by atoms with E-state index in [1.165, 1.54) is 16.8 Å². The molecule has 0 radical (unpaired) electrons. The molecule has 0 bridgehead atoms. The van der Waals surface area contributed by atoms with Crippen LogP contribution in [0.25, 0.3) is 0 Å². The molecular weight excluding hydrogens is 252 g/mol. The average Bonchev–Trinajstić information content (AvgIpc) is 3.10. The number of H-pyrrole nitrogens is 1. The van der Waals surface area contributed by atoms with E-state index in [1.807, 2.05) is 30.1 Å². The van der Waals surface area contributed by atoms with Crippen molar-refractivity contribution in [2.75, 3.05) is 0 Å². The summed E-state index contributed by atoms with van der Waals surface area (Å²) in [4.78, 5) is 3.09. The second kappa shape index (κ2) is 5.00. The van der Waals surface area contributed by atoms with Crippen LogP contribution in [-0.2, 0) is 13.0 Å². The summed E-state index contributed by atoms with van der Waals surface area (Å²) >= 11 is 0. The molecule has 1 N–H and O–H groups in total. The molecule has 0 aliphatic heterocycles. The Bertz CT molecular complexity index is 706. The van der Waals surface area contributed by atoms with Crippen molar-refractivity contribution in [3.05, 3.63) is 58.5 Å². The molecule has 5 nitrogen and oxygen atoms in total. The standard InChI is InChI=1S/C15H18N4O/c1-10-6-14(18-20-10)9-19-12(3)15(11(2)17-19)7-13-4-5-16-8-13/h4-6,8,16H,7,9H2,1-3H3. The van der Waals surface area contributed by atoms with Crippen molar-refractivity contribution >= 4 is 0 Å². The summed E-state index contributed by atoms with van der Waals surface area (Å²) in [6, 6.07) is 4.04. The first-order valence-electron chi connectivity index (χ1n) is 6.70. The molecule has 104 valence electrons. The molecule has 3 rings (SSSR count). The molecule has 0 atom stereocenters. The van der Waals surface area contributed by atoms with Gasteiger partial charge in [0.05, 0.1) is 12.2 Å². The van der Waals surface area contributed by atoms with Crippen LogP contribution in [-0.4, -0.2) is 19.9 Å². The molecule has 0 aliphatic rings. The van der Waals surface area contributed by atoms with Crippen LogP contribution in [0.2, 0.25) is 0 Å². The number of hydrogen-bond donors (Lipinski definition) is 1. The van der Waals surface area contributed by atoms with Gasteiger partial charge in [0.15, 0.2) is 0 Å². The maximum absolute atomic E-state index is 5.10. The van der Waals surface area contributed by atoms with Gasteiger partial charge in [0.2, 0.25) is 0 Å². The van der Waals surface area contributed by atoms with E-state index >= 15 is 0 Å². The van der Waals surface area contributed by atoms with E-state index < -0.39 is 0 Å². The number of nitrogens with one attached hydrogen (secondary N) is 1. The van der Waals surface area contributed by atoms with E-state index in [2.05, 4.69) is 35.2 Å². The summed E-state index contributed by atoms with van der Waals surface area (Å²) in [5.74, 6) is 0.828. The molecule has 0 fully saturated rings. The Balaban J connectivity index is 1.86. The van der Waals surface area contributed by atoms with Gasteiger partial charge in [-0.15, -0.1) is 0 Å². The minimum absolute atomic E-state index is 0.650. The molecule has 0 unspecified atom stereocenters. The van der Waals surface area contributed by atoms with Gasteiger partial charge in [0.1, 0.15) is 11.5 Å². The van der Waals surface area contributed by atoms with Gasteiger partial charge in [-0.1, -0.05) is 5.16 Å². The van der Waals surface area contributed by atoms with Gasteiger partial charge in [0.25, 0.3) is 0 Å². The maximum Gasteiger partial charge on any atom is 0.133 e. The van der Waals surface area contributed by atoms with Gasteiger partial charge in [0, 0.05) is 36.1 Å². The first-order chi connectivity index (χ1) is 9.63. The highest BCUT2D eigenvalue weighted by atomic mass is 16.5. The van der Waals surface area contributed by atoms with Crippen molar-refractivity contribution < 1.29 is 4.52 Å². The third-order valence-corrected chi connectivity index (χ3v) is 3.56. The number of aromatic amines is 1. The van der Waals surface area contributed by atoms with Crippen LogP contribution in [0, 0.1) is 20.8 Å². The predicted molar refractivity (Wildman–Crippen MR) is 75.6 cm³/mol. The van der Waals surface area contributed by atoms with Crippen molar-refractivity contribution in [1.82, 2.24) is 19.9 Å². The topological polar surface area (TPSA) is 59.6 Å². The molecule has 3 heterocycles. The number of aryl methyl sites for hydroxylation is 2. The minimum atomic E-state index is 0.650. The summed E-state index contributed by atoms with van der Waals surface area (Å²) < 4.78 is 7.10. The van der Waals surface area contributed by atoms with E-state index in [0.717, 1.165) is 23.6 Å². The Labute approximate surface area is 117 Å². The molecule has 0 spiro atoms. The van der Waals surface area contributed by atoms with Gasteiger partial charge >= 0.3 is 0 Å². The third-order valence-electron chi connectivity index (χ3n) is 3.56. The van der Waals surface area contributed by atoms with Crippen LogP contribution >= 0.6 is 0 Å². The van der Waals surface area contributed by atoms with Crippen molar-refractivity contribution in [3.63, 3.8) is 0 Å². The normalized spacial score (nSPS) is 11.2. The number of rotatable bonds is 4. The van der Waals surface area contributed by atoms with Crippen LogP contribution in [0.4, 0.5) is 0 Å². The minimum Gasteiger partial charge on any atom is -0.367 e. The van der Waals surface area contributed by atoms with Crippen LogP contribution in [0.15, 0.2) is 29.0 Å². The molecule has 0 amide bonds. The molecule has 0 aromatic carbocycles. The lowest BCUT2D eigenvalue weighted by atomic mass is 10.1. The summed E-state index contributed by atoms with van der Waals surface area (Å²) in [5.41, 5.74) is 5.72. The monoisotopic (exact) mass is 270 g/mol. The molecule has 0 saturated heterocycles. The summed E-state index contributed by atoms with van der Waals surface area (Å²) in [5, 5.41) is 8.65. The Morgan fingerprint density at radius 1 is 1.30 bits per heavy atom. The Morgan fingerprint density at radius 3 is 2.80 bits per heavy atom. The zero-order chi connectivity index (χ0) is 14.1. The van der Waals surface area contributed by atoms with E-state index in [9.17, 15) is 0 Å². The SMILES string of the molecule is Cc1cc(Cn2nc(C)c(Cc3cc[nH]c3)c2C)no1. The Morgan fingerprint density at radius 2 is 2.15 bits per heavy atom. The van der Waals surface area contributed by atoms with E-state index in [4.69, 9.17) is 4.52 Å². The van der Waals surface area contributed by atoms with Crippen molar-refractivity contribution in [2.24, 2.45) is 0 Å². The zero-order valence-corrected chi connectivity index (χ0v) is 12.0. The molecule has 20 heavy (non-hydrogen) atoms. The Hall–Kier alpha value is -2.30. The fourth-order valence-corrected chi connectivity index (χ4v) is 2.46. The van der Waals surface area contributed by atoms with Crippen LogP contribution in [0.3, 0.4) is 0 Å². The highest BCUT2D eigenvalue weighted by Gasteiger charge is 2.13. The lowest BCUT2D eigenvalue weighted by Crippen LogP contribution is -2.04. The summed E-state index contributed by atoms with van der Waals surface area (Å²) in [6.07, 6.45) is 4.87. The smallest absolute Gasteiger partial charge is 0.133 e. The maximum atomic E-state index is 5.10. The van der Waals surface area contributed by atoms with Gasteiger partial charge in [-0.3, -0.25) is 4.68 Å². The largest absolute Gasteiger partial charge is 0.367 e. The molecule has 0 aliphatic carbocycles. The number of hydrogen-bond acceptors (Lipinski definition) is 3. The number of aromatic nitrogens is 4. The summed E-state index contributed by atoms with van der Waals surface area (Å²) in [6.45, 7) is 6.71. The van der Waals surface area contributed by atoms with Gasteiger partial charge in [-0.05, 0) is 32.4 Å². The lowest BCUT2D eigenvalue weighted by Gasteiger charge is -2.02. The highest BCUT2D eigenvalue weighted by Crippen LogP contribution is 2.18. The van der Waals surface area contributed by atoms with Crippen LogP contribution in [0.1, 0.15) is 34.0 Å². The molecular formula is C15H18N4O. The first-order valence-corrected chi connectivity index (χ1v) is 6.70. The fraction of sp³-hybridized carbons (Fsp3) is 0.333. The summed E-state index contributed by atoms with van der Waals surface area (Å²) in [7, 11) is 0. The lowest BCUT2D eigenvalue weighted by molar-refractivity contribution is 0.387. The predicted octanol–water partition coefficient (Wildman–Crippen LogP) is 2.76. The van der Waals surface area contributed by atoms with Crippen LogP contribution in [0.5, 0.6) is 0 Å².